The topological polar surface area (TPSA) is 52.6 Å². The molecule has 0 aromatic heterocycles. The lowest BCUT2D eigenvalue weighted by Crippen LogP contribution is -2.48. The Kier molecular flexibility index (Phi) is 15.8. The van der Waals surface area contributed by atoms with Crippen LogP contribution in [-0.4, -0.2) is 55.8 Å². The van der Waals surface area contributed by atoms with Crippen LogP contribution in [0, 0.1) is 0 Å². The number of esters is 2. The molecule has 0 radical (unpaired) electrons. The van der Waals surface area contributed by atoms with E-state index in [1.165, 1.54) is 69.2 Å². The standard InChI is InChI=1S/C23H44NO4/c1-6-24(7-2,8-3)19-17-15-13-11-10-12-14-16-18-22(25)28-20-21(5)23(26)27-9-4/h5-20H2,1-4H3/q+1. The molecular formula is C23H44NO4+. The van der Waals surface area contributed by atoms with Crippen LogP contribution >= 0.6 is 0 Å². The van der Waals surface area contributed by atoms with E-state index in [1.807, 2.05) is 0 Å². The fraction of sp³-hybridized carbons (Fsp3) is 0.826. The van der Waals surface area contributed by atoms with E-state index in [4.69, 9.17) is 9.47 Å². The van der Waals surface area contributed by atoms with Crippen LogP contribution in [0.5, 0.6) is 0 Å². The van der Waals surface area contributed by atoms with Crippen LogP contribution in [0.4, 0.5) is 0 Å². The predicted molar refractivity (Wildman–Crippen MR) is 115 cm³/mol. The molecule has 0 rings (SSSR count). The van der Waals surface area contributed by atoms with Crippen molar-refractivity contribution in [2.45, 2.75) is 85.5 Å². The number of hydrogen-bond donors (Lipinski definition) is 0. The first kappa shape index (κ1) is 26.6. The predicted octanol–water partition coefficient (Wildman–Crippen LogP) is 5.04. The highest BCUT2D eigenvalue weighted by Crippen LogP contribution is 2.13. The van der Waals surface area contributed by atoms with E-state index < -0.39 is 5.97 Å². The van der Waals surface area contributed by atoms with Gasteiger partial charge in [0.15, 0.2) is 0 Å². The van der Waals surface area contributed by atoms with Gasteiger partial charge in [-0.05, 0) is 47.0 Å². The first-order valence-corrected chi connectivity index (χ1v) is 11.3. The van der Waals surface area contributed by atoms with Crippen LogP contribution in [-0.2, 0) is 19.1 Å². The maximum absolute atomic E-state index is 11.7. The number of carbonyl (C=O) groups is 2. The molecule has 0 amide bonds. The smallest absolute Gasteiger partial charge is 0.336 e. The summed E-state index contributed by atoms with van der Waals surface area (Å²) in [7, 11) is 0. The zero-order valence-corrected chi connectivity index (χ0v) is 18.9. The molecule has 0 aromatic carbocycles. The van der Waals surface area contributed by atoms with E-state index in [9.17, 15) is 9.59 Å². The lowest BCUT2D eigenvalue weighted by Gasteiger charge is -2.35. The number of rotatable bonds is 18. The Morgan fingerprint density at radius 3 is 1.75 bits per heavy atom. The van der Waals surface area contributed by atoms with Crippen molar-refractivity contribution < 1.29 is 23.5 Å². The molecule has 0 saturated heterocycles. The summed E-state index contributed by atoms with van der Waals surface area (Å²) in [5.41, 5.74) is 0.183. The zero-order valence-electron chi connectivity index (χ0n) is 18.9. The summed E-state index contributed by atoms with van der Waals surface area (Å²) in [4.78, 5) is 23.0. The maximum atomic E-state index is 11.7. The van der Waals surface area contributed by atoms with Gasteiger partial charge in [-0.2, -0.15) is 0 Å². The van der Waals surface area contributed by atoms with E-state index in [2.05, 4.69) is 27.4 Å². The molecule has 0 aliphatic heterocycles. The molecule has 0 bridgehead atoms. The van der Waals surface area contributed by atoms with Gasteiger partial charge in [-0.25, -0.2) is 4.79 Å². The van der Waals surface area contributed by atoms with Crippen molar-refractivity contribution in [3.05, 3.63) is 12.2 Å². The molecule has 0 N–H and O–H groups in total. The van der Waals surface area contributed by atoms with Crippen molar-refractivity contribution in [3.8, 4) is 0 Å². The third-order valence-corrected chi connectivity index (χ3v) is 5.75. The fourth-order valence-corrected chi connectivity index (χ4v) is 3.45. The van der Waals surface area contributed by atoms with E-state index in [0.29, 0.717) is 13.0 Å². The highest BCUT2D eigenvalue weighted by Gasteiger charge is 2.19. The Hall–Kier alpha value is -1.36. The number of unbranched alkanes of at least 4 members (excludes halogenated alkanes) is 7. The van der Waals surface area contributed by atoms with Crippen molar-refractivity contribution in [2.75, 3.05) is 39.4 Å². The molecule has 5 nitrogen and oxygen atoms in total. The minimum absolute atomic E-state index is 0.0776. The zero-order chi connectivity index (χ0) is 21.3. The average Bonchev–Trinajstić information content (AvgIpc) is 2.71. The van der Waals surface area contributed by atoms with Crippen LogP contribution in [0.2, 0.25) is 0 Å². The van der Waals surface area contributed by atoms with E-state index in [0.717, 1.165) is 12.8 Å². The monoisotopic (exact) mass is 398 g/mol. The van der Waals surface area contributed by atoms with Gasteiger partial charge in [0.05, 0.1) is 38.4 Å². The van der Waals surface area contributed by atoms with Crippen LogP contribution < -0.4 is 0 Å². The van der Waals surface area contributed by atoms with Crippen LogP contribution in [0.15, 0.2) is 12.2 Å². The molecule has 0 saturated carbocycles. The van der Waals surface area contributed by atoms with E-state index in [-0.39, 0.29) is 18.1 Å². The third kappa shape index (κ3) is 12.2. The van der Waals surface area contributed by atoms with Crippen LogP contribution in [0.1, 0.15) is 85.5 Å². The van der Waals surface area contributed by atoms with Crippen molar-refractivity contribution in [1.29, 1.82) is 0 Å². The molecule has 0 heterocycles. The second kappa shape index (κ2) is 16.6. The second-order valence-electron chi connectivity index (χ2n) is 7.58. The lowest BCUT2D eigenvalue weighted by atomic mass is 10.1. The number of nitrogens with zero attached hydrogens (tertiary/aromatic N) is 1. The maximum Gasteiger partial charge on any atom is 0.336 e. The molecule has 28 heavy (non-hydrogen) atoms. The van der Waals surface area contributed by atoms with Crippen molar-refractivity contribution in [2.24, 2.45) is 0 Å². The summed E-state index contributed by atoms with van der Waals surface area (Å²) in [6, 6.07) is 0. The molecule has 0 atom stereocenters. The van der Waals surface area contributed by atoms with Gasteiger partial charge in [0.25, 0.3) is 0 Å². The highest BCUT2D eigenvalue weighted by atomic mass is 16.5. The molecule has 5 heteroatoms. The molecular weight excluding hydrogens is 354 g/mol. The van der Waals surface area contributed by atoms with Crippen LogP contribution in [0.3, 0.4) is 0 Å². The normalized spacial score (nSPS) is 11.3. The van der Waals surface area contributed by atoms with Gasteiger partial charge in [0.1, 0.15) is 6.61 Å². The van der Waals surface area contributed by atoms with Gasteiger partial charge in [0, 0.05) is 6.42 Å². The van der Waals surface area contributed by atoms with Crippen LogP contribution in [0.25, 0.3) is 0 Å². The molecule has 0 aliphatic carbocycles. The molecule has 0 aromatic rings. The van der Waals surface area contributed by atoms with Crippen molar-refractivity contribution >= 4 is 11.9 Å². The van der Waals surface area contributed by atoms with Gasteiger partial charge >= 0.3 is 11.9 Å². The minimum atomic E-state index is -0.501. The van der Waals surface area contributed by atoms with E-state index in [1.54, 1.807) is 6.92 Å². The second-order valence-corrected chi connectivity index (χ2v) is 7.58. The number of carbonyl (C=O) groups excluding carboxylic acids is 2. The number of ether oxygens (including phenoxy) is 2. The van der Waals surface area contributed by atoms with Gasteiger partial charge in [-0.1, -0.05) is 38.7 Å². The Balaban J connectivity index is 3.56. The minimum Gasteiger partial charge on any atom is -0.463 e. The summed E-state index contributed by atoms with van der Waals surface area (Å²) in [5, 5.41) is 0. The summed E-state index contributed by atoms with van der Waals surface area (Å²) in [5.74, 6) is -0.770. The number of hydrogen-bond acceptors (Lipinski definition) is 4. The largest absolute Gasteiger partial charge is 0.463 e. The molecule has 0 unspecified atom stereocenters. The molecule has 164 valence electrons. The Labute approximate surface area is 173 Å². The van der Waals surface area contributed by atoms with Gasteiger partial charge in [0.2, 0.25) is 0 Å². The molecule has 0 fully saturated rings. The summed E-state index contributed by atoms with van der Waals surface area (Å²) in [6.07, 6.45) is 9.97. The number of quaternary nitrogens is 1. The quantitative estimate of drug-likeness (QED) is 0.140. The first-order chi connectivity index (χ1) is 13.4. The van der Waals surface area contributed by atoms with Gasteiger partial charge in [-0.3, -0.25) is 4.79 Å². The third-order valence-electron chi connectivity index (χ3n) is 5.75. The molecule has 0 aliphatic rings. The van der Waals surface area contributed by atoms with Gasteiger partial charge < -0.3 is 14.0 Å². The first-order valence-electron chi connectivity index (χ1n) is 11.3. The summed E-state index contributed by atoms with van der Waals surface area (Å²) >= 11 is 0. The Morgan fingerprint density at radius 2 is 1.25 bits per heavy atom. The Morgan fingerprint density at radius 1 is 0.750 bits per heavy atom. The lowest BCUT2D eigenvalue weighted by molar-refractivity contribution is -0.923. The fourth-order valence-electron chi connectivity index (χ4n) is 3.45. The molecule has 0 spiro atoms. The summed E-state index contributed by atoms with van der Waals surface area (Å²) in [6.45, 7) is 17.5. The van der Waals surface area contributed by atoms with E-state index >= 15 is 0 Å². The average molecular weight is 399 g/mol. The van der Waals surface area contributed by atoms with Crippen molar-refractivity contribution in [1.82, 2.24) is 0 Å². The van der Waals surface area contributed by atoms with Gasteiger partial charge in [-0.15, -0.1) is 0 Å². The highest BCUT2D eigenvalue weighted by molar-refractivity contribution is 5.88. The van der Waals surface area contributed by atoms with Crippen molar-refractivity contribution in [3.63, 3.8) is 0 Å². The summed E-state index contributed by atoms with van der Waals surface area (Å²) < 4.78 is 11.1. The SMILES string of the molecule is C=C(COC(=O)CCCCCCCCCC[N+](CC)(CC)CC)C(=O)OCC. The Bertz CT molecular complexity index is 436.